The van der Waals surface area contributed by atoms with Crippen LogP contribution in [-0.2, 0) is 0 Å². The van der Waals surface area contributed by atoms with Gasteiger partial charge in [-0.1, -0.05) is 29.3 Å². The first kappa shape index (κ1) is 17.1. The van der Waals surface area contributed by atoms with Crippen LogP contribution in [0.15, 0.2) is 36.5 Å². The molecule has 1 fully saturated rings. The van der Waals surface area contributed by atoms with Crippen molar-refractivity contribution >= 4 is 45.6 Å². The van der Waals surface area contributed by atoms with Crippen LogP contribution in [0, 0.1) is 5.92 Å². The lowest BCUT2D eigenvalue weighted by Gasteiger charge is -2.32. The average molecular weight is 492 g/mol. The molecule has 1 aliphatic rings. The largest absolute Gasteiger partial charge is 0.505 e. The molecule has 0 spiro atoms. The van der Waals surface area contributed by atoms with Crippen molar-refractivity contribution in [2.24, 2.45) is 5.92 Å². The summed E-state index contributed by atoms with van der Waals surface area (Å²) >= 11 is 12.3. The highest BCUT2D eigenvalue weighted by Crippen LogP contribution is 2.38. The third-order valence-corrected chi connectivity index (χ3v) is 6.81. The van der Waals surface area contributed by atoms with Gasteiger partial charge < -0.3 is 15.3 Å². The van der Waals surface area contributed by atoms with Crippen LogP contribution in [0.5, 0.6) is 5.75 Å². The molecule has 0 amide bonds. The first-order chi connectivity index (χ1) is 18.1. The summed E-state index contributed by atoms with van der Waals surface area (Å²) in [4.78, 5) is 17.6. The summed E-state index contributed by atoms with van der Waals surface area (Å²) < 4.78 is 45.8. The molecular weight excluding hydrogens is 457 g/mol. The Kier molecular flexibility index (Phi) is 5.13. The number of Topliss-reactive ketones (excluding diaryl/α,β-unsaturated/α-hetero) is 1. The van der Waals surface area contributed by atoms with Gasteiger partial charge in [0.05, 0.1) is 26.8 Å². The van der Waals surface area contributed by atoms with Gasteiger partial charge in [0.1, 0.15) is 0 Å². The van der Waals surface area contributed by atoms with Crippen LogP contribution < -0.4 is 5.32 Å². The van der Waals surface area contributed by atoms with Gasteiger partial charge in [-0.15, -0.1) is 0 Å². The van der Waals surface area contributed by atoms with Gasteiger partial charge in [-0.2, -0.15) is 0 Å². The number of phenolic OH excluding ortho intramolecular Hbond substituents is 1. The molecule has 3 aromatic rings. The molecule has 2 N–H and O–H groups in total. The fraction of sp³-hybridized carbons (Fsp3) is 0.385. The maximum absolute atomic E-state index is 12.5. The topological polar surface area (TPSA) is 65.5 Å². The minimum Gasteiger partial charge on any atom is -0.505 e. The number of rotatable bonds is 6. The molecule has 2 aromatic carbocycles. The molecule has 0 bridgehead atoms. The van der Waals surface area contributed by atoms with Crippen LogP contribution in [-0.4, -0.2) is 47.3 Å². The number of carbonyl (C=O) groups is 1. The van der Waals surface area contributed by atoms with E-state index in [2.05, 4.69) is 10.3 Å². The Balaban J connectivity index is 1.60. The number of ketones is 1. The lowest BCUT2D eigenvalue weighted by molar-refractivity contribution is 0.101. The maximum atomic E-state index is 12.5. The number of pyridine rings is 1. The van der Waals surface area contributed by atoms with E-state index in [9.17, 15) is 9.90 Å². The SMILES string of the molecule is [2H]C([2H])([2H])N(CC1CCC(Nc2c(C(C)=O)cnc3ccc(-c4cc(Cl)c(O)c(Cl)c4)cc23)CC1)C([2H])([2H])[2H]. The van der Waals surface area contributed by atoms with Gasteiger partial charge in [0.25, 0.3) is 0 Å². The molecule has 0 unspecified atom stereocenters. The number of hydrogen-bond acceptors (Lipinski definition) is 5. The van der Waals surface area contributed by atoms with E-state index in [4.69, 9.17) is 31.4 Å². The number of nitrogens with zero attached hydrogens (tertiary/aromatic N) is 2. The van der Waals surface area contributed by atoms with E-state index in [1.807, 2.05) is 18.2 Å². The van der Waals surface area contributed by atoms with Crippen molar-refractivity contribution in [1.82, 2.24) is 9.88 Å². The highest BCUT2D eigenvalue weighted by Gasteiger charge is 2.24. The minimum absolute atomic E-state index is 0.000130. The number of fused-ring (bicyclic) bond motifs is 1. The predicted octanol–water partition coefficient (Wildman–Crippen LogP) is 6.65. The third-order valence-electron chi connectivity index (χ3n) is 6.23. The number of aromatic nitrogens is 1. The fourth-order valence-corrected chi connectivity index (χ4v) is 4.97. The quantitative estimate of drug-likeness (QED) is 0.377. The summed E-state index contributed by atoms with van der Waals surface area (Å²) in [5, 5.41) is 14.5. The van der Waals surface area contributed by atoms with Gasteiger partial charge in [0, 0.05) is 32.4 Å². The fourth-order valence-electron chi connectivity index (χ4n) is 4.48. The van der Waals surface area contributed by atoms with Crippen molar-refractivity contribution in [2.75, 3.05) is 25.8 Å². The molecule has 1 aliphatic carbocycles. The van der Waals surface area contributed by atoms with E-state index in [0.29, 0.717) is 52.9 Å². The van der Waals surface area contributed by atoms with E-state index in [1.54, 1.807) is 18.3 Å². The molecular formula is C26H29Cl2N3O2. The highest BCUT2D eigenvalue weighted by molar-refractivity contribution is 6.37. The first-order valence-electron chi connectivity index (χ1n) is 13.8. The summed E-state index contributed by atoms with van der Waals surface area (Å²) in [7, 11) is 0. The maximum Gasteiger partial charge on any atom is 0.163 e. The number of carbonyl (C=O) groups excluding carboxylic acids is 1. The van der Waals surface area contributed by atoms with Crippen molar-refractivity contribution in [3.63, 3.8) is 0 Å². The molecule has 174 valence electrons. The molecule has 7 heteroatoms. The lowest BCUT2D eigenvalue weighted by Crippen LogP contribution is -2.31. The molecule has 33 heavy (non-hydrogen) atoms. The summed E-state index contributed by atoms with van der Waals surface area (Å²) in [5.41, 5.74) is 3.24. The smallest absolute Gasteiger partial charge is 0.163 e. The number of halogens is 2. The van der Waals surface area contributed by atoms with E-state index in [0.717, 1.165) is 10.9 Å². The number of hydrogen-bond donors (Lipinski definition) is 2. The Labute approximate surface area is 213 Å². The van der Waals surface area contributed by atoms with Crippen LogP contribution in [0.4, 0.5) is 5.69 Å². The zero-order valence-corrected chi connectivity index (χ0v) is 19.7. The lowest BCUT2D eigenvalue weighted by atomic mass is 9.85. The van der Waals surface area contributed by atoms with Gasteiger partial charge in [-0.05, 0) is 87.9 Å². The second-order valence-electron chi connectivity index (χ2n) is 8.60. The van der Waals surface area contributed by atoms with Crippen LogP contribution in [0.1, 0.15) is 51.2 Å². The summed E-state index contributed by atoms with van der Waals surface area (Å²) in [5.74, 6) is -0.407. The second kappa shape index (κ2) is 9.88. The van der Waals surface area contributed by atoms with Crippen LogP contribution in [0.2, 0.25) is 10.0 Å². The average Bonchev–Trinajstić information content (AvgIpc) is 2.84. The van der Waals surface area contributed by atoms with E-state index in [-0.39, 0.29) is 40.1 Å². The molecule has 0 atom stereocenters. The van der Waals surface area contributed by atoms with Gasteiger partial charge >= 0.3 is 0 Å². The monoisotopic (exact) mass is 491 g/mol. The Morgan fingerprint density at radius 1 is 1.15 bits per heavy atom. The summed E-state index contributed by atoms with van der Waals surface area (Å²) in [6, 6.07) is 8.82. The Bertz CT molecular complexity index is 1350. The molecule has 0 radical (unpaired) electrons. The number of nitrogens with one attached hydrogen (secondary N) is 1. The number of benzene rings is 2. The minimum atomic E-state index is -2.70. The molecule has 1 saturated carbocycles. The van der Waals surface area contributed by atoms with Crippen molar-refractivity contribution in [2.45, 2.75) is 38.6 Å². The molecule has 1 aromatic heterocycles. The van der Waals surface area contributed by atoms with E-state index in [1.165, 1.54) is 6.92 Å². The summed E-state index contributed by atoms with van der Waals surface area (Å²) in [6.07, 6.45) is 4.22. The van der Waals surface area contributed by atoms with Crippen molar-refractivity contribution in [3.05, 3.63) is 52.1 Å². The first-order valence-corrected chi connectivity index (χ1v) is 11.6. The Hall–Kier alpha value is -2.34. The molecule has 0 aliphatic heterocycles. The van der Waals surface area contributed by atoms with Gasteiger partial charge in [0.15, 0.2) is 11.5 Å². The van der Waals surface area contributed by atoms with Crippen molar-refractivity contribution in [1.29, 1.82) is 0 Å². The predicted molar refractivity (Wildman–Crippen MR) is 137 cm³/mol. The standard InChI is InChI=1S/C26H29Cl2N3O2/c1-15(32)21-13-29-24-9-6-17(18-11-22(27)26(33)23(28)12-18)10-20(24)25(21)30-19-7-4-16(5-8-19)14-31(2)3/h6,9-13,16,19,33H,4-5,7-8,14H2,1-3H3,(H,29,30)/i2D3,3D3. The van der Waals surface area contributed by atoms with E-state index < -0.39 is 14.0 Å². The Morgan fingerprint density at radius 2 is 1.85 bits per heavy atom. The number of phenols is 1. The molecule has 5 nitrogen and oxygen atoms in total. The van der Waals surface area contributed by atoms with Gasteiger partial charge in [-0.3, -0.25) is 9.78 Å². The second-order valence-corrected chi connectivity index (χ2v) is 9.41. The van der Waals surface area contributed by atoms with Gasteiger partial charge in [-0.25, -0.2) is 0 Å². The normalized spacial score (nSPS) is 22.1. The van der Waals surface area contributed by atoms with Crippen LogP contribution in [0.3, 0.4) is 0 Å². The third kappa shape index (κ3) is 5.26. The van der Waals surface area contributed by atoms with E-state index >= 15 is 0 Å². The zero-order chi connectivity index (χ0) is 28.7. The molecule has 1 heterocycles. The van der Waals surface area contributed by atoms with Crippen molar-refractivity contribution < 1.29 is 18.1 Å². The Morgan fingerprint density at radius 3 is 2.48 bits per heavy atom. The van der Waals surface area contributed by atoms with Crippen LogP contribution >= 0.6 is 23.2 Å². The molecule has 4 rings (SSSR count). The summed E-state index contributed by atoms with van der Waals surface area (Å²) in [6.45, 7) is -3.95. The number of aromatic hydroxyl groups is 1. The van der Waals surface area contributed by atoms with Crippen LogP contribution in [0.25, 0.3) is 22.0 Å². The van der Waals surface area contributed by atoms with Gasteiger partial charge in [0.2, 0.25) is 0 Å². The van der Waals surface area contributed by atoms with Crippen molar-refractivity contribution in [3.8, 4) is 16.9 Å². The molecule has 0 saturated heterocycles. The highest BCUT2D eigenvalue weighted by atomic mass is 35.5. The zero-order valence-electron chi connectivity index (χ0n) is 24.2. The number of anilines is 1.